The van der Waals surface area contributed by atoms with E-state index >= 15 is 0 Å². The van der Waals surface area contributed by atoms with Crippen molar-refractivity contribution < 1.29 is 5.11 Å². The van der Waals surface area contributed by atoms with Crippen LogP contribution in [0.15, 0.2) is 0 Å². The van der Waals surface area contributed by atoms with Crippen LogP contribution in [0.3, 0.4) is 0 Å². The smallest absolute Gasteiger partial charge is 0.0662 e. The molecule has 0 aromatic rings. The van der Waals surface area contributed by atoms with E-state index < -0.39 is 0 Å². The summed E-state index contributed by atoms with van der Waals surface area (Å²) < 4.78 is 0. The van der Waals surface area contributed by atoms with Crippen LogP contribution in [0.2, 0.25) is 0 Å². The van der Waals surface area contributed by atoms with Gasteiger partial charge in [-0.1, -0.05) is 13.3 Å². The molecule has 4 unspecified atom stereocenters. The molecule has 0 radical (unpaired) electrons. The lowest BCUT2D eigenvalue weighted by molar-refractivity contribution is 0.157. The summed E-state index contributed by atoms with van der Waals surface area (Å²) >= 11 is 0. The van der Waals surface area contributed by atoms with Crippen molar-refractivity contribution in [3.05, 3.63) is 0 Å². The van der Waals surface area contributed by atoms with Crippen molar-refractivity contribution in [2.24, 2.45) is 5.92 Å². The minimum atomic E-state index is -0.169. The highest BCUT2D eigenvalue weighted by Gasteiger charge is 2.34. The fourth-order valence-corrected chi connectivity index (χ4v) is 3.23. The number of nitrogens with one attached hydrogen (secondary N) is 2. The van der Waals surface area contributed by atoms with Gasteiger partial charge in [0.25, 0.3) is 0 Å². The van der Waals surface area contributed by atoms with E-state index in [1.54, 1.807) is 0 Å². The first-order valence-electron chi connectivity index (χ1n) is 6.96. The number of aliphatic hydroxyl groups excluding tert-OH is 1. The third-order valence-corrected chi connectivity index (χ3v) is 4.27. The highest BCUT2D eigenvalue weighted by atomic mass is 16.3. The quantitative estimate of drug-likeness (QED) is 0.661. The summed E-state index contributed by atoms with van der Waals surface area (Å²) in [5.74, 6) is 0.798. The molecule has 1 aliphatic heterocycles. The second kappa shape index (κ2) is 5.99. The molecule has 0 spiro atoms. The normalized spacial score (nSPS) is 36.8. The molecule has 2 aliphatic rings. The van der Waals surface area contributed by atoms with Gasteiger partial charge in [-0.2, -0.15) is 0 Å². The van der Waals surface area contributed by atoms with E-state index in [0.717, 1.165) is 24.9 Å². The molecule has 2 rings (SSSR count). The Hall–Kier alpha value is -0.120. The fourth-order valence-electron chi connectivity index (χ4n) is 3.23. The average Bonchev–Trinajstić information content (AvgIpc) is 2.95. The van der Waals surface area contributed by atoms with Crippen molar-refractivity contribution in [3.63, 3.8) is 0 Å². The van der Waals surface area contributed by atoms with Gasteiger partial charge in [0.15, 0.2) is 0 Å². The standard InChI is InChI=1S/C13H26N2O/c1-2-10(16)9-15-13-6-3-5-11(13)12-7-4-8-14-12/h10-16H,2-9H2,1H3. The molecule has 4 atom stereocenters. The van der Waals surface area contributed by atoms with Crippen molar-refractivity contribution in [1.82, 2.24) is 10.6 Å². The predicted octanol–water partition coefficient (Wildman–Crippen LogP) is 1.27. The second-order valence-corrected chi connectivity index (χ2v) is 5.37. The van der Waals surface area contributed by atoms with E-state index in [-0.39, 0.29) is 6.10 Å². The lowest BCUT2D eigenvalue weighted by Gasteiger charge is -2.27. The molecule has 3 nitrogen and oxygen atoms in total. The molecule has 16 heavy (non-hydrogen) atoms. The Kier molecular flexibility index (Phi) is 4.62. The first-order chi connectivity index (χ1) is 7.81. The van der Waals surface area contributed by atoms with Gasteiger partial charge in [-0.15, -0.1) is 0 Å². The molecule has 1 heterocycles. The zero-order valence-corrected chi connectivity index (χ0v) is 10.4. The minimum absolute atomic E-state index is 0.169. The number of rotatable bonds is 5. The average molecular weight is 226 g/mol. The third kappa shape index (κ3) is 2.96. The summed E-state index contributed by atoms with van der Waals surface area (Å²) in [7, 11) is 0. The topological polar surface area (TPSA) is 44.3 Å². The first-order valence-corrected chi connectivity index (χ1v) is 6.96. The maximum Gasteiger partial charge on any atom is 0.0662 e. The summed E-state index contributed by atoms with van der Waals surface area (Å²) in [6.07, 6.45) is 7.37. The van der Waals surface area contributed by atoms with Gasteiger partial charge in [0.2, 0.25) is 0 Å². The summed E-state index contributed by atoms with van der Waals surface area (Å²) in [6, 6.07) is 1.37. The molecule has 3 heteroatoms. The van der Waals surface area contributed by atoms with Gasteiger partial charge in [-0.25, -0.2) is 0 Å². The molecule has 1 aliphatic carbocycles. The van der Waals surface area contributed by atoms with Crippen molar-refractivity contribution in [1.29, 1.82) is 0 Å². The molecular weight excluding hydrogens is 200 g/mol. The van der Waals surface area contributed by atoms with Crippen molar-refractivity contribution in [2.45, 2.75) is 63.6 Å². The Morgan fingerprint density at radius 2 is 2.19 bits per heavy atom. The Morgan fingerprint density at radius 1 is 1.31 bits per heavy atom. The van der Waals surface area contributed by atoms with E-state index in [4.69, 9.17) is 0 Å². The van der Waals surface area contributed by atoms with E-state index in [9.17, 15) is 5.11 Å². The predicted molar refractivity (Wildman–Crippen MR) is 66.5 cm³/mol. The van der Waals surface area contributed by atoms with Crippen LogP contribution in [0, 0.1) is 5.92 Å². The van der Waals surface area contributed by atoms with Gasteiger partial charge in [0.05, 0.1) is 6.10 Å². The Balaban J connectivity index is 1.78. The van der Waals surface area contributed by atoms with Crippen molar-refractivity contribution >= 4 is 0 Å². The summed E-state index contributed by atoms with van der Waals surface area (Å²) in [6.45, 7) is 4.01. The Bertz CT molecular complexity index is 204. The van der Waals surface area contributed by atoms with Gasteiger partial charge in [0, 0.05) is 18.6 Å². The summed E-state index contributed by atoms with van der Waals surface area (Å²) in [5.41, 5.74) is 0. The molecule has 3 N–H and O–H groups in total. The van der Waals surface area contributed by atoms with E-state index in [2.05, 4.69) is 10.6 Å². The van der Waals surface area contributed by atoms with E-state index in [1.807, 2.05) is 6.92 Å². The zero-order valence-electron chi connectivity index (χ0n) is 10.4. The monoisotopic (exact) mass is 226 g/mol. The van der Waals surface area contributed by atoms with Crippen LogP contribution < -0.4 is 10.6 Å². The molecule has 2 fully saturated rings. The molecule has 94 valence electrons. The van der Waals surface area contributed by atoms with Gasteiger partial charge in [-0.05, 0) is 44.6 Å². The van der Waals surface area contributed by atoms with Crippen LogP contribution in [-0.4, -0.2) is 36.4 Å². The molecule has 0 aromatic heterocycles. The van der Waals surface area contributed by atoms with Crippen LogP contribution >= 0.6 is 0 Å². The molecule has 1 saturated heterocycles. The Labute approximate surface area is 99.0 Å². The summed E-state index contributed by atoms with van der Waals surface area (Å²) in [5, 5.41) is 16.8. The number of hydrogen-bond donors (Lipinski definition) is 3. The highest BCUT2D eigenvalue weighted by Crippen LogP contribution is 2.31. The van der Waals surface area contributed by atoms with Gasteiger partial charge >= 0.3 is 0 Å². The minimum Gasteiger partial charge on any atom is -0.392 e. The Morgan fingerprint density at radius 3 is 2.88 bits per heavy atom. The van der Waals surface area contributed by atoms with Crippen LogP contribution in [0.1, 0.15) is 45.4 Å². The SMILES string of the molecule is CCC(O)CNC1CCCC1C1CCCN1. The van der Waals surface area contributed by atoms with Gasteiger partial charge in [0.1, 0.15) is 0 Å². The van der Waals surface area contributed by atoms with Gasteiger partial charge in [-0.3, -0.25) is 0 Å². The van der Waals surface area contributed by atoms with E-state index in [0.29, 0.717) is 6.04 Å². The lowest BCUT2D eigenvalue weighted by Crippen LogP contribution is -2.44. The molecular formula is C13H26N2O. The zero-order chi connectivity index (χ0) is 11.4. The van der Waals surface area contributed by atoms with Crippen LogP contribution in [0.4, 0.5) is 0 Å². The lowest BCUT2D eigenvalue weighted by atomic mass is 9.93. The number of aliphatic hydroxyl groups is 1. The largest absolute Gasteiger partial charge is 0.392 e. The molecule has 0 bridgehead atoms. The van der Waals surface area contributed by atoms with Gasteiger partial charge < -0.3 is 15.7 Å². The third-order valence-electron chi connectivity index (χ3n) is 4.27. The molecule has 1 saturated carbocycles. The summed E-state index contributed by atoms with van der Waals surface area (Å²) in [4.78, 5) is 0. The fraction of sp³-hybridized carbons (Fsp3) is 1.00. The van der Waals surface area contributed by atoms with Crippen LogP contribution in [0.25, 0.3) is 0 Å². The highest BCUT2D eigenvalue weighted by molar-refractivity contribution is 4.93. The number of hydrogen-bond acceptors (Lipinski definition) is 3. The molecule has 0 aromatic carbocycles. The van der Waals surface area contributed by atoms with Crippen LogP contribution in [0.5, 0.6) is 0 Å². The maximum atomic E-state index is 9.59. The molecule has 0 amide bonds. The second-order valence-electron chi connectivity index (χ2n) is 5.37. The first kappa shape index (κ1) is 12.3. The van der Waals surface area contributed by atoms with Crippen molar-refractivity contribution in [2.75, 3.05) is 13.1 Å². The van der Waals surface area contributed by atoms with Crippen molar-refractivity contribution in [3.8, 4) is 0 Å². The van der Waals surface area contributed by atoms with Crippen LogP contribution in [-0.2, 0) is 0 Å². The van der Waals surface area contributed by atoms with E-state index in [1.165, 1.54) is 38.6 Å². The maximum absolute atomic E-state index is 9.59.